The smallest absolute Gasteiger partial charge is 0.138 e. The Hall–Kier alpha value is -1.81. The molecule has 5 heteroatoms. The maximum atomic E-state index is 5.69. The fraction of sp³-hybridized carbons (Fsp3) is 0.333. The molecule has 106 valence electrons. The summed E-state index contributed by atoms with van der Waals surface area (Å²) in [5.41, 5.74) is 3.69. The van der Waals surface area contributed by atoms with E-state index in [1.54, 1.807) is 19.5 Å². The average Bonchev–Trinajstić information content (AvgIpc) is 2.47. The maximum absolute atomic E-state index is 5.69. The van der Waals surface area contributed by atoms with E-state index < -0.39 is 0 Å². The quantitative estimate of drug-likeness (QED) is 0.792. The highest BCUT2D eigenvalue weighted by molar-refractivity contribution is 6.16. The SMILES string of the molecule is COc1c(C)cnc(COc2ccc(CCl)nc2)c1C. The van der Waals surface area contributed by atoms with E-state index in [9.17, 15) is 0 Å². The molecule has 0 aliphatic heterocycles. The standard InChI is InChI=1S/C15H17ClN2O2/c1-10-7-18-14(11(2)15(10)19-3)9-20-13-5-4-12(6-16)17-8-13/h4-5,7-8H,6,9H2,1-3H3. The minimum Gasteiger partial charge on any atom is -0.496 e. The number of methoxy groups -OCH3 is 1. The van der Waals surface area contributed by atoms with E-state index in [1.165, 1.54) is 0 Å². The highest BCUT2D eigenvalue weighted by Crippen LogP contribution is 2.24. The van der Waals surface area contributed by atoms with E-state index in [2.05, 4.69) is 9.97 Å². The summed E-state index contributed by atoms with van der Waals surface area (Å²) < 4.78 is 11.1. The molecule has 4 nitrogen and oxygen atoms in total. The number of ether oxygens (including phenoxy) is 2. The lowest BCUT2D eigenvalue weighted by molar-refractivity contribution is 0.297. The Bertz CT molecular complexity index is 585. The molecule has 0 aromatic carbocycles. The molecule has 0 atom stereocenters. The molecule has 20 heavy (non-hydrogen) atoms. The first-order valence-corrected chi connectivity index (χ1v) is 6.82. The van der Waals surface area contributed by atoms with Crippen LogP contribution in [0.25, 0.3) is 0 Å². The summed E-state index contributed by atoms with van der Waals surface area (Å²) in [5.74, 6) is 1.95. The summed E-state index contributed by atoms with van der Waals surface area (Å²) in [6.07, 6.45) is 3.46. The van der Waals surface area contributed by atoms with Gasteiger partial charge >= 0.3 is 0 Å². The molecule has 2 aromatic heterocycles. The number of aromatic nitrogens is 2. The third-order valence-electron chi connectivity index (χ3n) is 3.06. The summed E-state index contributed by atoms with van der Waals surface area (Å²) in [5, 5.41) is 0. The Labute approximate surface area is 123 Å². The number of hydrogen-bond acceptors (Lipinski definition) is 4. The van der Waals surface area contributed by atoms with Crippen LogP contribution in [0.4, 0.5) is 0 Å². The van der Waals surface area contributed by atoms with Gasteiger partial charge in [-0.25, -0.2) is 0 Å². The third-order valence-corrected chi connectivity index (χ3v) is 3.33. The van der Waals surface area contributed by atoms with Crippen molar-refractivity contribution in [3.05, 3.63) is 47.0 Å². The molecule has 0 fully saturated rings. The molecule has 0 amide bonds. The lowest BCUT2D eigenvalue weighted by atomic mass is 10.1. The number of alkyl halides is 1. The van der Waals surface area contributed by atoms with Gasteiger partial charge < -0.3 is 9.47 Å². The third kappa shape index (κ3) is 3.20. The average molecular weight is 293 g/mol. The maximum Gasteiger partial charge on any atom is 0.138 e. The Morgan fingerprint density at radius 1 is 1.15 bits per heavy atom. The Morgan fingerprint density at radius 2 is 1.95 bits per heavy atom. The van der Waals surface area contributed by atoms with Crippen molar-refractivity contribution in [3.63, 3.8) is 0 Å². The fourth-order valence-electron chi connectivity index (χ4n) is 1.94. The number of hydrogen-bond donors (Lipinski definition) is 0. The van der Waals surface area contributed by atoms with Crippen LogP contribution in [0.1, 0.15) is 22.5 Å². The topological polar surface area (TPSA) is 44.2 Å². The highest BCUT2D eigenvalue weighted by atomic mass is 35.5. The van der Waals surface area contributed by atoms with Crippen LogP contribution in [0, 0.1) is 13.8 Å². The van der Waals surface area contributed by atoms with Gasteiger partial charge in [-0.15, -0.1) is 11.6 Å². The van der Waals surface area contributed by atoms with Crippen LogP contribution in [0.15, 0.2) is 24.5 Å². The number of halogens is 1. The molecule has 0 unspecified atom stereocenters. The first kappa shape index (κ1) is 14.6. The minimum absolute atomic E-state index is 0.379. The van der Waals surface area contributed by atoms with E-state index in [0.29, 0.717) is 18.2 Å². The molecular weight excluding hydrogens is 276 g/mol. The van der Waals surface area contributed by atoms with Crippen LogP contribution in [0.5, 0.6) is 11.5 Å². The molecule has 0 saturated carbocycles. The zero-order chi connectivity index (χ0) is 14.5. The molecule has 0 bridgehead atoms. The fourth-order valence-corrected chi connectivity index (χ4v) is 2.10. The van der Waals surface area contributed by atoms with Crippen LogP contribution in [-0.4, -0.2) is 17.1 Å². The van der Waals surface area contributed by atoms with Crippen LogP contribution in [0.2, 0.25) is 0 Å². The second-order valence-corrected chi connectivity index (χ2v) is 4.72. The van der Waals surface area contributed by atoms with Gasteiger partial charge in [-0.3, -0.25) is 9.97 Å². The summed E-state index contributed by atoms with van der Waals surface area (Å²) >= 11 is 5.69. The van der Waals surface area contributed by atoms with E-state index in [-0.39, 0.29) is 0 Å². The number of rotatable bonds is 5. The molecule has 0 spiro atoms. The molecular formula is C15H17ClN2O2. The van der Waals surface area contributed by atoms with Crippen molar-refractivity contribution in [1.82, 2.24) is 9.97 Å². The second-order valence-electron chi connectivity index (χ2n) is 4.45. The molecule has 2 aromatic rings. The Morgan fingerprint density at radius 3 is 2.55 bits per heavy atom. The predicted molar refractivity (Wildman–Crippen MR) is 78.4 cm³/mol. The van der Waals surface area contributed by atoms with Gasteiger partial charge in [0.15, 0.2) is 0 Å². The molecule has 0 aliphatic carbocycles. The van der Waals surface area contributed by atoms with Gasteiger partial charge in [0.1, 0.15) is 18.1 Å². The van der Waals surface area contributed by atoms with E-state index in [4.69, 9.17) is 21.1 Å². The molecule has 2 rings (SSSR count). The van der Waals surface area contributed by atoms with Crippen molar-refractivity contribution in [1.29, 1.82) is 0 Å². The molecule has 0 aliphatic rings. The largest absolute Gasteiger partial charge is 0.496 e. The lowest BCUT2D eigenvalue weighted by Gasteiger charge is -2.13. The second kappa shape index (κ2) is 6.57. The Balaban J connectivity index is 2.10. The zero-order valence-electron chi connectivity index (χ0n) is 11.8. The van der Waals surface area contributed by atoms with Crippen molar-refractivity contribution in [3.8, 4) is 11.5 Å². The lowest BCUT2D eigenvalue weighted by Crippen LogP contribution is -2.04. The normalized spacial score (nSPS) is 10.4. The van der Waals surface area contributed by atoms with Gasteiger partial charge in [-0.05, 0) is 26.0 Å². The summed E-state index contributed by atoms with van der Waals surface area (Å²) in [4.78, 5) is 8.57. The molecule has 0 saturated heterocycles. The van der Waals surface area contributed by atoms with Crippen LogP contribution < -0.4 is 9.47 Å². The van der Waals surface area contributed by atoms with E-state index >= 15 is 0 Å². The monoisotopic (exact) mass is 292 g/mol. The van der Waals surface area contributed by atoms with E-state index in [1.807, 2.05) is 26.0 Å². The van der Waals surface area contributed by atoms with Crippen molar-refractivity contribution in [2.24, 2.45) is 0 Å². The predicted octanol–water partition coefficient (Wildman–Crippen LogP) is 3.42. The zero-order valence-corrected chi connectivity index (χ0v) is 12.6. The van der Waals surface area contributed by atoms with Crippen LogP contribution in [-0.2, 0) is 12.5 Å². The van der Waals surface area contributed by atoms with Crippen molar-refractivity contribution < 1.29 is 9.47 Å². The van der Waals surface area contributed by atoms with Gasteiger partial charge in [-0.2, -0.15) is 0 Å². The first-order valence-electron chi connectivity index (χ1n) is 6.28. The summed E-state index contributed by atoms with van der Waals surface area (Å²) in [6, 6.07) is 3.70. The van der Waals surface area contributed by atoms with Crippen molar-refractivity contribution in [2.45, 2.75) is 26.3 Å². The summed E-state index contributed by atoms with van der Waals surface area (Å²) in [6.45, 7) is 4.33. The van der Waals surface area contributed by atoms with E-state index in [0.717, 1.165) is 28.3 Å². The van der Waals surface area contributed by atoms with Gasteiger partial charge in [0.2, 0.25) is 0 Å². The number of aryl methyl sites for hydroxylation is 1. The highest BCUT2D eigenvalue weighted by Gasteiger charge is 2.10. The summed E-state index contributed by atoms with van der Waals surface area (Å²) in [7, 11) is 1.66. The van der Waals surface area contributed by atoms with Gasteiger partial charge in [0.25, 0.3) is 0 Å². The van der Waals surface area contributed by atoms with Crippen LogP contribution >= 0.6 is 11.6 Å². The van der Waals surface area contributed by atoms with Gasteiger partial charge in [0.05, 0.1) is 30.6 Å². The van der Waals surface area contributed by atoms with Gasteiger partial charge in [-0.1, -0.05) is 0 Å². The molecule has 0 radical (unpaired) electrons. The van der Waals surface area contributed by atoms with Gasteiger partial charge in [0, 0.05) is 17.3 Å². The molecule has 0 N–H and O–H groups in total. The minimum atomic E-state index is 0.379. The molecule has 2 heterocycles. The Kier molecular flexibility index (Phi) is 4.79. The van der Waals surface area contributed by atoms with Crippen LogP contribution in [0.3, 0.4) is 0 Å². The van der Waals surface area contributed by atoms with Crippen molar-refractivity contribution in [2.75, 3.05) is 7.11 Å². The number of pyridine rings is 2. The number of nitrogens with zero attached hydrogens (tertiary/aromatic N) is 2. The van der Waals surface area contributed by atoms with Crippen molar-refractivity contribution >= 4 is 11.6 Å². The first-order chi connectivity index (χ1) is 9.65.